The average Bonchev–Trinajstić information content (AvgIpc) is 2.97. The fourth-order valence-electron chi connectivity index (χ4n) is 2.69. The highest BCUT2D eigenvalue weighted by atomic mass is 32.1. The second kappa shape index (κ2) is 6.76. The molecule has 1 aliphatic rings. The predicted octanol–water partition coefficient (Wildman–Crippen LogP) is 3.72. The van der Waals surface area contributed by atoms with Crippen LogP contribution < -0.4 is 5.32 Å². The molecule has 2 N–H and O–H groups in total. The largest absolute Gasteiger partial charge is 0.506 e. The van der Waals surface area contributed by atoms with Gasteiger partial charge >= 0.3 is 0 Å². The van der Waals surface area contributed by atoms with Gasteiger partial charge in [0.15, 0.2) is 10.9 Å². The number of hydrogen-bond donors (Lipinski definition) is 2. The maximum atomic E-state index is 12.7. The zero-order chi connectivity index (χ0) is 18.1. The van der Waals surface area contributed by atoms with Crippen molar-refractivity contribution in [3.8, 4) is 0 Å². The molecule has 0 spiro atoms. The molecule has 0 fully saturated rings. The molecule has 6 nitrogen and oxygen atoms in total. The first-order valence-electron chi connectivity index (χ1n) is 8.07. The first-order valence-corrected chi connectivity index (χ1v) is 8.89. The van der Waals surface area contributed by atoms with Crippen LogP contribution in [-0.2, 0) is 11.2 Å². The molecule has 0 radical (unpaired) electrons. The van der Waals surface area contributed by atoms with Gasteiger partial charge in [-0.3, -0.25) is 14.6 Å². The van der Waals surface area contributed by atoms with E-state index in [2.05, 4.69) is 15.3 Å². The van der Waals surface area contributed by atoms with Crippen LogP contribution in [0, 0.1) is 0 Å². The van der Waals surface area contributed by atoms with E-state index >= 15 is 0 Å². The third-order valence-electron chi connectivity index (χ3n) is 4.01. The summed E-state index contributed by atoms with van der Waals surface area (Å²) in [4.78, 5) is 33.1. The maximum absolute atomic E-state index is 12.7. The number of aromatic nitrogens is 2. The highest BCUT2D eigenvalue weighted by Crippen LogP contribution is 2.37. The van der Waals surface area contributed by atoms with Crippen molar-refractivity contribution in [3.05, 3.63) is 45.7 Å². The SMILES string of the molecule is CC(=O)Nc1nc2c(s1)C(O)=C(C(=O)c1ccc(C(C)C)nc1)CC2. The Labute approximate surface area is 149 Å². The lowest BCUT2D eigenvalue weighted by atomic mass is 9.93. The number of ketones is 1. The number of nitrogens with zero attached hydrogens (tertiary/aromatic N) is 2. The molecule has 130 valence electrons. The lowest BCUT2D eigenvalue weighted by Crippen LogP contribution is -2.12. The van der Waals surface area contributed by atoms with E-state index in [1.165, 1.54) is 18.3 Å². The van der Waals surface area contributed by atoms with E-state index in [1.54, 1.807) is 12.3 Å². The Balaban J connectivity index is 1.91. The van der Waals surface area contributed by atoms with E-state index in [4.69, 9.17) is 0 Å². The van der Waals surface area contributed by atoms with Crippen molar-refractivity contribution in [2.75, 3.05) is 5.32 Å². The van der Waals surface area contributed by atoms with Gasteiger partial charge in [-0.2, -0.15) is 0 Å². The molecule has 0 aliphatic heterocycles. The van der Waals surface area contributed by atoms with Crippen LogP contribution in [0.4, 0.5) is 5.13 Å². The minimum Gasteiger partial charge on any atom is -0.506 e. The van der Waals surface area contributed by atoms with E-state index in [-0.39, 0.29) is 17.4 Å². The molecular formula is C18H19N3O3S. The van der Waals surface area contributed by atoms with Crippen LogP contribution in [0.25, 0.3) is 5.76 Å². The number of carbonyl (C=O) groups is 2. The Morgan fingerprint density at radius 1 is 1.28 bits per heavy atom. The van der Waals surface area contributed by atoms with Gasteiger partial charge in [0.1, 0.15) is 5.76 Å². The molecule has 0 aromatic carbocycles. The smallest absolute Gasteiger partial charge is 0.223 e. The van der Waals surface area contributed by atoms with Crippen LogP contribution in [0.1, 0.15) is 59.7 Å². The molecule has 2 aromatic rings. The normalized spacial score (nSPS) is 13.8. The maximum Gasteiger partial charge on any atom is 0.223 e. The summed E-state index contributed by atoms with van der Waals surface area (Å²) in [6, 6.07) is 3.58. The number of anilines is 1. The van der Waals surface area contributed by atoms with Crippen LogP contribution in [-0.4, -0.2) is 26.8 Å². The standard InChI is InChI=1S/C18H19N3O3S/c1-9(2)13-6-4-11(8-19-13)15(23)12-5-7-14-17(16(12)24)25-18(21-14)20-10(3)22/h4,6,8-9,24H,5,7H2,1-3H3,(H,20,21,22). The van der Waals surface area contributed by atoms with Crippen LogP contribution in [0.3, 0.4) is 0 Å². The second-order valence-corrected chi connectivity index (χ2v) is 7.26. The molecule has 0 atom stereocenters. The Bertz CT molecular complexity index is 866. The number of aliphatic hydroxyl groups is 1. The number of amides is 1. The monoisotopic (exact) mass is 357 g/mol. The molecule has 7 heteroatoms. The van der Waals surface area contributed by atoms with Crippen molar-refractivity contribution in [1.82, 2.24) is 9.97 Å². The molecule has 25 heavy (non-hydrogen) atoms. The first kappa shape index (κ1) is 17.3. The molecular weight excluding hydrogens is 338 g/mol. The molecule has 0 bridgehead atoms. The number of hydrogen-bond acceptors (Lipinski definition) is 6. The topological polar surface area (TPSA) is 92.2 Å². The fraction of sp³-hybridized carbons (Fsp3) is 0.333. The van der Waals surface area contributed by atoms with Crippen molar-refractivity contribution in [2.24, 2.45) is 0 Å². The highest BCUT2D eigenvalue weighted by molar-refractivity contribution is 7.16. The first-order chi connectivity index (χ1) is 11.9. The number of Topliss-reactive ketones (excluding diaryl/α,β-unsaturated/α-hetero) is 1. The Morgan fingerprint density at radius 2 is 2.04 bits per heavy atom. The number of nitrogens with one attached hydrogen (secondary N) is 1. The molecule has 2 heterocycles. The zero-order valence-electron chi connectivity index (χ0n) is 14.3. The fourth-order valence-corrected chi connectivity index (χ4v) is 3.71. The summed E-state index contributed by atoms with van der Waals surface area (Å²) in [5.74, 6) is -0.200. The summed E-state index contributed by atoms with van der Waals surface area (Å²) in [6.45, 7) is 5.48. The Hall–Kier alpha value is -2.54. The minimum absolute atomic E-state index is 0.0479. The van der Waals surface area contributed by atoms with Crippen molar-refractivity contribution in [3.63, 3.8) is 0 Å². The van der Waals surface area contributed by atoms with E-state index in [0.29, 0.717) is 45.6 Å². The van der Waals surface area contributed by atoms with Gasteiger partial charge in [0.05, 0.1) is 10.6 Å². The zero-order valence-corrected chi connectivity index (χ0v) is 15.1. The van der Waals surface area contributed by atoms with E-state index in [9.17, 15) is 14.7 Å². The number of aliphatic hydroxyl groups excluding tert-OH is 1. The molecule has 2 aromatic heterocycles. The molecule has 0 saturated heterocycles. The quantitative estimate of drug-likeness (QED) is 0.814. The summed E-state index contributed by atoms with van der Waals surface area (Å²) in [5, 5.41) is 13.6. The molecule has 1 aliphatic carbocycles. The third-order valence-corrected chi connectivity index (χ3v) is 5.03. The number of pyridine rings is 1. The number of allylic oxidation sites excluding steroid dienone is 1. The van der Waals surface area contributed by atoms with Crippen molar-refractivity contribution < 1.29 is 14.7 Å². The Morgan fingerprint density at radius 3 is 2.64 bits per heavy atom. The van der Waals surface area contributed by atoms with Gasteiger partial charge in [-0.15, -0.1) is 0 Å². The van der Waals surface area contributed by atoms with Gasteiger partial charge in [0.2, 0.25) is 5.91 Å². The second-order valence-electron chi connectivity index (χ2n) is 6.26. The number of carbonyl (C=O) groups excluding carboxylic acids is 2. The van der Waals surface area contributed by atoms with Gasteiger partial charge in [0.25, 0.3) is 0 Å². The highest BCUT2D eigenvalue weighted by Gasteiger charge is 2.27. The third kappa shape index (κ3) is 3.46. The van der Waals surface area contributed by atoms with Crippen LogP contribution >= 0.6 is 11.3 Å². The predicted molar refractivity (Wildman–Crippen MR) is 96.9 cm³/mol. The van der Waals surface area contributed by atoms with Crippen molar-refractivity contribution >= 4 is 33.9 Å². The van der Waals surface area contributed by atoms with Gasteiger partial charge in [-0.25, -0.2) is 4.98 Å². The number of aryl methyl sites for hydroxylation is 1. The molecule has 3 rings (SSSR count). The summed E-state index contributed by atoms with van der Waals surface area (Å²) < 4.78 is 0. The number of fused-ring (bicyclic) bond motifs is 1. The lowest BCUT2D eigenvalue weighted by molar-refractivity contribution is -0.114. The average molecular weight is 357 g/mol. The summed E-state index contributed by atoms with van der Waals surface area (Å²) in [7, 11) is 0. The van der Waals surface area contributed by atoms with Gasteiger partial charge in [0, 0.05) is 30.0 Å². The van der Waals surface area contributed by atoms with Crippen molar-refractivity contribution in [1.29, 1.82) is 0 Å². The number of thiazole rings is 1. The lowest BCUT2D eigenvalue weighted by Gasteiger charge is -2.15. The van der Waals surface area contributed by atoms with E-state index < -0.39 is 0 Å². The van der Waals surface area contributed by atoms with E-state index in [0.717, 1.165) is 5.69 Å². The summed E-state index contributed by atoms with van der Waals surface area (Å²) in [6.07, 6.45) is 2.52. The van der Waals surface area contributed by atoms with Crippen LogP contribution in [0.15, 0.2) is 23.9 Å². The summed E-state index contributed by atoms with van der Waals surface area (Å²) >= 11 is 1.18. The number of rotatable bonds is 4. The van der Waals surface area contributed by atoms with Crippen molar-refractivity contribution in [2.45, 2.75) is 39.5 Å². The van der Waals surface area contributed by atoms with Crippen LogP contribution in [0.2, 0.25) is 0 Å². The van der Waals surface area contributed by atoms with Crippen LogP contribution in [0.5, 0.6) is 0 Å². The summed E-state index contributed by atoms with van der Waals surface area (Å²) in [5.41, 5.74) is 2.45. The van der Waals surface area contributed by atoms with E-state index in [1.807, 2.05) is 19.9 Å². The van der Waals surface area contributed by atoms with Gasteiger partial charge in [-0.1, -0.05) is 25.2 Å². The van der Waals surface area contributed by atoms with Gasteiger partial charge < -0.3 is 10.4 Å². The molecule has 0 saturated carbocycles. The molecule has 1 amide bonds. The minimum atomic E-state index is -0.222. The Kier molecular flexibility index (Phi) is 4.67. The van der Waals surface area contributed by atoms with Gasteiger partial charge in [-0.05, 0) is 30.9 Å². The molecule has 0 unspecified atom stereocenters.